The molecule has 3 aromatic rings. The second-order valence-corrected chi connectivity index (χ2v) is 7.76. The number of carbonyl (C=O) groups excluding carboxylic acids is 1. The normalized spacial score (nSPS) is 11.5. The lowest BCUT2D eigenvalue weighted by molar-refractivity contribution is -0.120. The van der Waals surface area contributed by atoms with Crippen molar-refractivity contribution in [3.63, 3.8) is 0 Å². The summed E-state index contributed by atoms with van der Waals surface area (Å²) >= 11 is 0. The topological polar surface area (TPSA) is 103 Å². The lowest BCUT2D eigenvalue weighted by Gasteiger charge is -2.10. The summed E-state index contributed by atoms with van der Waals surface area (Å²) in [4.78, 5) is 21.1. The SMILES string of the molecule is COc1ccccc1-c1nc(CC(=O)NCCc2noc(C(C)(C)C)n2)c(C)o1. The van der Waals surface area contributed by atoms with Crippen LogP contribution in [0.1, 0.15) is 43.9 Å². The lowest BCUT2D eigenvalue weighted by atomic mass is 9.97. The smallest absolute Gasteiger partial charge is 0.232 e. The number of aromatic nitrogens is 3. The molecule has 0 aliphatic heterocycles. The highest BCUT2D eigenvalue weighted by Crippen LogP contribution is 2.30. The third kappa shape index (κ3) is 5.01. The minimum Gasteiger partial charge on any atom is -0.496 e. The van der Waals surface area contributed by atoms with Crippen molar-refractivity contribution >= 4 is 5.91 Å². The highest BCUT2D eigenvalue weighted by Gasteiger charge is 2.22. The Morgan fingerprint density at radius 1 is 1.21 bits per heavy atom. The molecule has 0 bridgehead atoms. The standard InChI is InChI=1S/C21H26N4O4/c1-13-15(23-19(28-13)14-8-6-7-9-16(14)27-5)12-18(26)22-11-10-17-24-20(29-25-17)21(2,3)4/h6-9H,10-12H2,1-5H3,(H,22,26). The van der Waals surface area contributed by atoms with Gasteiger partial charge in [-0.1, -0.05) is 38.1 Å². The molecule has 2 heterocycles. The third-order valence-electron chi connectivity index (χ3n) is 4.34. The van der Waals surface area contributed by atoms with E-state index in [4.69, 9.17) is 13.7 Å². The zero-order valence-corrected chi connectivity index (χ0v) is 17.4. The number of methoxy groups -OCH3 is 1. The van der Waals surface area contributed by atoms with Crippen LogP contribution in [0.5, 0.6) is 5.75 Å². The Labute approximate surface area is 169 Å². The molecule has 8 heteroatoms. The predicted octanol–water partition coefficient (Wildman–Crippen LogP) is 3.24. The average Bonchev–Trinajstić information content (AvgIpc) is 3.29. The van der Waals surface area contributed by atoms with Gasteiger partial charge in [0.15, 0.2) is 5.82 Å². The number of benzene rings is 1. The van der Waals surface area contributed by atoms with Gasteiger partial charge in [0.2, 0.25) is 17.7 Å². The first-order valence-corrected chi connectivity index (χ1v) is 9.47. The summed E-state index contributed by atoms with van der Waals surface area (Å²) in [6, 6.07) is 7.46. The Morgan fingerprint density at radius 2 is 1.97 bits per heavy atom. The summed E-state index contributed by atoms with van der Waals surface area (Å²) in [5, 5.41) is 6.81. The van der Waals surface area contributed by atoms with E-state index < -0.39 is 0 Å². The molecule has 1 aromatic carbocycles. The van der Waals surface area contributed by atoms with Gasteiger partial charge in [-0.2, -0.15) is 4.98 Å². The first-order chi connectivity index (χ1) is 13.8. The number of carbonyl (C=O) groups is 1. The molecule has 0 spiro atoms. The molecule has 0 fully saturated rings. The van der Waals surface area contributed by atoms with Crippen molar-refractivity contribution in [2.45, 2.75) is 46.0 Å². The van der Waals surface area contributed by atoms with E-state index in [2.05, 4.69) is 20.4 Å². The number of rotatable bonds is 7. The summed E-state index contributed by atoms with van der Waals surface area (Å²) in [6.07, 6.45) is 0.625. The molecule has 3 rings (SSSR count). The molecule has 8 nitrogen and oxygen atoms in total. The highest BCUT2D eigenvalue weighted by molar-refractivity contribution is 5.78. The van der Waals surface area contributed by atoms with Crippen LogP contribution in [0.4, 0.5) is 0 Å². The van der Waals surface area contributed by atoms with Crippen LogP contribution in [-0.2, 0) is 23.1 Å². The monoisotopic (exact) mass is 398 g/mol. The van der Waals surface area contributed by atoms with Crippen LogP contribution in [0.15, 0.2) is 33.2 Å². The predicted molar refractivity (Wildman–Crippen MR) is 107 cm³/mol. The van der Waals surface area contributed by atoms with E-state index in [0.717, 1.165) is 5.56 Å². The Kier molecular flexibility index (Phi) is 6.00. The Morgan fingerprint density at radius 3 is 2.66 bits per heavy atom. The highest BCUT2D eigenvalue weighted by atomic mass is 16.5. The van der Waals surface area contributed by atoms with E-state index in [1.807, 2.05) is 45.0 Å². The molecular formula is C21H26N4O4. The Hall–Kier alpha value is -3.16. The molecule has 154 valence electrons. The summed E-state index contributed by atoms with van der Waals surface area (Å²) in [7, 11) is 1.59. The molecule has 0 unspecified atom stereocenters. The van der Waals surface area contributed by atoms with E-state index in [9.17, 15) is 4.79 Å². The fourth-order valence-electron chi connectivity index (χ4n) is 2.72. The number of hydrogen-bond donors (Lipinski definition) is 1. The van der Waals surface area contributed by atoms with Crippen molar-refractivity contribution in [3.05, 3.63) is 47.4 Å². The van der Waals surface area contributed by atoms with Crippen LogP contribution in [0.2, 0.25) is 0 Å². The number of ether oxygens (including phenoxy) is 1. The third-order valence-corrected chi connectivity index (χ3v) is 4.34. The minimum atomic E-state index is -0.196. The van der Waals surface area contributed by atoms with Gasteiger partial charge in [-0.05, 0) is 19.1 Å². The number of aryl methyl sites for hydroxylation is 1. The van der Waals surface area contributed by atoms with E-state index >= 15 is 0 Å². The average molecular weight is 398 g/mol. The summed E-state index contributed by atoms with van der Waals surface area (Å²) in [5.41, 5.74) is 1.15. The van der Waals surface area contributed by atoms with Gasteiger partial charge in [0, 0.05) is 18.4 Å². The van der Waals surface area contributed by atoms with Crippen LogP contribution in [-0.4, -0.2) is 34.7 Å². The second kappa shape index (κ2) is 8.46. The molecular weight excluding hydrogens is 372 g/mol. The van der Waals surface area contributed by atoms with Gasteiger partial charge in [-0.3, -0.25) is 4.79 Å². The molecule has 0 saturated heterocycles. The fourth-order valence-corrected chi connectivity index (χ4v) is 2.72. The van der Waals surface area contributed by atoms with Crippen LogP contribution in [0, 0.1) is 6.92 Å². The van der Waals surface area contributed by atoms with Gasteiger partial charge < -0.3 is 19.0 Å². The molecule has 2 aromatic heterocycles. The lowest BCUT2D eigenvalue weighted by Crippen LogP contribution is -2.27. The summed E-state index contributed by atoms with van der Waals surface area (Å²) in [5.74, 6) is 2.72. The van der Waals surface area contributed by atoms with Gasteiger partial charge in [-0.25, -0.2) is 4.98 Å². The summed E-state index contributed by atoms with van der Waals surface area (Å²) in [6.45, 7) is 8.23. The van der Waals surface area contributed by atoms with Crippen LogP contribution < -0.4 is 10.1 Å². The molecule has 0 aliphatic carbocycles. The Balaban J connectivity index is 1.57. The van der Waals surface area contributed by atoms with Gasteiger partial charge in [0.1, 0.15) is 11.5 Å². The largest absolute Gasteiger partial charge is 0.496 e. The molecule has 0 atom stereocenters. The van der Waals surface area contributed by atoms with Gasteiger partial charge in [0.25, 0.3) is 0 Å². The number of amides is 1. The number of hydrogen-bond acceptors (Lipinski definition) is 7. The maximum absolute atomic E-state index is 12.3. The van der Waals surface area contributed by atoms with E-state index in [1.165, 1.54) is 0 Å². The summed E-state index contributed by atoms with van der Waals surface area (Å²) < 4.78 is 16.4. The van der Waals surface area contributed by atoms with E-state index in [1.54, 1.807) is 14.0 Å². The molecule has 0 saturated carbocycles. The molecule has 1 N–H and O–H groups in total. The maximum atomic E-state index is 12.3. The van der Waals surface area contributed by atoms with Crippen molar-refractivity contribution in [1.82, 2.24) is 20.4 Å². The molecule has 0 radical (unpaired) electrons. The van der Waals surface area contributed by atoms with Crippen LogP contribution in [0.25, 0.3) is 11.5 Å². The van der Waals surface area contributed by atoms with Crippen molar-refractivity contribution < 1.29 is 18.5 Å². The molecule has 0 aliphatic rings. The first kappa shape index (κ1) is 20.6. The first-order valence-electron chi connectivity index (χ1n) is 9.47. The number of nitrogens with one attached hydrogen (secondary N) is 1. The Bertz CT molecular complexity index is 985. The van der Waals surface area contributed by atoms with Crippen LogP contribution in [0.3, 0.4) is 0 Å². The quantitative estimate of drug-likeness (QED) is 0.651. The van der Waals surface area contributed by atoms with Crippen molar-refractivity contribution in [2.24, 2.45) is 0 Å². The number of nitrogens with zero attached hydrogens (tertiary/aromatic N) is 3. The van der Waals surface area contributed by atoms with Crippen molar-refractivity contribution in [3.8, 4) is 17.2 Å². The molecule has 29 heavy (non-hydrogen) atoms. The zero-order valence-electron chi connectivity index (χ0n) is 17.4. The van der Waals surface area contributed by atoms with Crippen LogP contribution >= 0.6 is 0 Å². The molecule has 1 amide bonds. The van der Waals surface area contributed by atoms with Gasteiger partial charge in [-0.15, -0.1) is 0 Å². The fraction of sp³-hybridized carbons (Fsp3) is 0.429. The van der Waals surface area contributed by atoms with E-state index in [0.29, 0.717) is 47.8 Å². The number of oxazole rings is 1. The maximum Gasteiger partial charge on any atom is 0.232 e. The van der Waals surface area contributed by atoms with Crippen molar-refractivity contribution in [2.75, 3.05) is 13.7 Å². The number of para-hydroxylation sites is 1. The van der Waals surface area contributed by atoms with Crippen molar-refractivity contribution in [1.29, 1.82) is 0 Å². The van der Waals surface area contributed by atoms with Gasteiger partial charge in [0.05, 0.1) is 24.8 Å². The van der Waals surface area contributed by atoms with E-state index in [-0.39, 0.29) is 17.7 Å². The minimum absolute atomic E-state index is 0.129. The van der Waals surface area contributed by atoms with Gasteiger partial charge >= 0.3 is 0 Å². The second-order valence-electron chi connectivity index (χ2n) is 7.76. The zero-order chi connectivity index (χ0) is 21.0.